The lowest BCUT2D eigenvalue weighted by molar-refractivity contribution is -0.151. The van der Waals surface area contributed by atoms with Crippen molar-refractivity contribution in [2.45, 2.75) is 82.7 Å². The third-order valence-electron chi connectivity index (χ3n) is 8.26. The predicted octanol–water partition coefficient (Wildman–Crippen LogP) is 3.69. The van der Waals surface area contributed by atoms with Gasteiger partial charge in [0.15, 0.2) is 5.72 Å². The molecule has 3 aliphatic rings. The minimum atomic E-state index is -1.76. The first kappa shape index (κ1) is 31.8. The molecule has 2 saturated heterocycles. The van der Waals surface area contributed by atoms with Gasteiger partial charge in [0.25, 0.3) is 0 Å². The number of amides is 2. The van der Waals surface area contributed by atoms with Crippen LogP contribution in [0.4, 0.5) is 10.5 Å². The number of ether oxygens (including phenoxy) is 5. The van der Waals surface area contributed by atoms with Gasteiger partial charge in [0.05, 0.1) is 25.3 Å². The first-order valence-corrected chi connectivity index (χ1v) is 14.2. The van der Waals surface area contributed by atoms with Gasteiger partial charge in [-0.05, 0) is 38.0 Å². The molecule has 3 unspecified atom stereocenters. The molecule has 0 aliphatic carbocycles. The fraction of sp³-hybridized carbons (Fsp3) is 0.567. The topological polar surface area (TPSA) is 136 Å². The molecule has 0 saturated carbocycles. The minimum Gasteiger partial charge on any atom is -0.495 e. The van der Waals surface area contributed by atoms with Crippen LogP contribution in [0.3, 0.4) is 0 Å². The molecule has 0 aromatic heterocycles. The standard InChI is InChI=1S/C30H39ClN2O9/c1-16-9-8-10-23(39-7)30(37)15-22(41-28(36)32-30)17(2)27-29(4,42-27)24(40-18(3)34)14-25(35)33(5)20-12-19(11-16)13-21(38-6)26(20)31/h8-10,12-13,17,22-24,27,37H,11,14-15H2,1-7H3,(H,32,36)/b10-8+,16-9+/t17-,22?,23-,24+,27?,29?,30+/m1/s1. The van der Waals surface area contributed by atoms with E-state index in [0.717, 1.165) is 11.1 Å². The van der Waals surface area contributed by atoms with Crippen LogP contribution in [-0.4, -0.2) is 80.1 Å². The molecule has 11 nitrogen and oxygen atoms in total. The summed E-state index contributed by atoms with van der Waals surface area (Å²) in [6.07, 6.45) is 1.67. The van der Waals surface area contributed by atoms with Gasteiger partial charge in [0.1, 0.15) is 34.7 Å². The van der Waals surface area contributed by atoms with Crippen LogP contribution < -0.4 is 15.0 Å². The zero-order chi connectivity index (χ0) is 31.0. The van der Waals surface area contributed by atoms with E-state index in [0.29, 0.717) is 17.9 Å². The number of hydrogen-bond donors (Lipinski definition) is 2. The molecule has 4 rings (SSSR count). The fourth-order valence-electron chi connectivity index (χ4n) is 5.81. The lowest BCUT2D eigenvalue weighted by Gasteiger charge is -2.42. The number of rotatable bonds is 3. The van der Waals surface area contributed by atoms with Gasteiger partial charge in [0.2, 0.25) is 5.91 Å². The summed E-state index contributed by atoms with van der Waals surface area (Å²) in [4.78, 5) is 39.7. The largest absolute Gasteiger partial charge is 0.495 e. The number of anilines is 1. The molecular formula is C30H39ClN2O9. The number of nitrogens with zero attached hydrogens (tertiary/aromatic N) is 1. The zero-order valence-corrected chi connectivity index (χ0v) is 25.7. The molecule has 1 aromatic carbocycles. The van der Waals surface area contributed by atoms with Crippen LogP contribution in [0.1, 0.15) is 46.1 Å². The Bertz CT molecular complexity index is 1300. The third-order valence-corrected chi connectivity index (χ3v) is 8.64. The number of epoxide rings is 1. The number of benzene rings is 1. The number of hydrogen-bond acceptors (Lipinski definition) is 9. The second-order valence-corrected chi connectivity index (χ2v) is 11.8. The molecule has 230 valence electrons. The second-order valence-electron chi connectivity index (χ2n) is 11.4. The number of allylic oxidation sites excluding steroid dienone is 3. The maximum Gasteiger partial charge on any atom is 0.409 e. The lowest BCUT2D eigenvalue weighted by Crippen LogP contribution is -2.63. The van der Waals surface area contributed by atoms with E-state index in [1.165, 1.54) is 26.0 Å². The monoisotopic (exact) mass is 606 g/mol. The van der Waals surface area contributed by atoms with Gasteiger partial charge in [-0.3, -0.25) is 14.9 Å². The normalized spacial score (nSPS) is 35.6. The van der Waals surface area contributed by atoms with Crippen molar-refractivity contribution >= 4 is 35.3 Å². The van der Waals surface area contributed by atoms with Crippen LogP contribution in [0.25, 0.3) is 0 Å². The van der Waals surface area contributed by atoms with E-state index in [1.807, 2.05) is 26.0 Å². The van der Waals surface area contributed by atoms with Gasteiger partial charge in [-0.15, -0.1) is 0 Å². The van der Waals surface area contributed by atoms with Gasteiger partial charge < -0.3 is 33.7 Å². The first-order valence-electron chi connectivity index (χ1n) is 13.8. The molecule has 0 spiro atoms. The average molecular weight is 607 g/mol. The number of carbonyl (C=O) groups is 3. The molecule has 12 heteroatoms. The number of aliphatic hydroxyl groups is 1. The van der Waals surface area contributed by atoms with Crippen LogP contribution >= 0.6 is 11.6 Å². The third kappa shape index (κ3) is 6.44. The summed E-state index contributed by atoms with van der Waals surface area (Å²) < 4.78 is 28.4. The number of carbonyl (C=O) groups excluding carboxylic acids is 3. The average Bonchev–Trinajstić information content (AvgIpc) is 3.61. The van der Waals surface area contributed by atoms with Gasteiger partial charge in [-0.25, -0.2) is 4.79 Å². The number of alkyl carbamates (subject to hydrolysis) is 1. The number of halogens is 1. The van der Waals surface area contributed by atoms with Crippen molar-refractivity contribution in [3.05, 3.63) is 46.5 Å². The van der Waals surface area contributed by atoms with Gasteiger partial charge >= 0.3 is 12.1 Å². The van der Waals surface area contributed by atoms with E-state index >= 15 is 0 Å². The number of nitrogens with one attached hydrogen (secondary N) is 1. The Morgan fingerprint density at radius 1 is 1.26 bits per heavy atom. The van der Waals surface area contributed by atoms with Crippen molar-refractivity contribution in [1.82, 2.24) is 5.32 Å². The summed E-state index contributed by atoms with van der Waals surface area (Å²) in [6.45, 7) is 6.77. The molecule has 2 fully saturated rings. The van der Waals surface area contributed by atoms with Crippen LogP contribution in [-0.2, 0) is 35.0 Å². The van der Waals surface area contributed by atoms with E-state index in [4.69, 9.17) is 35.3 Å². The van der Waals surface area contributed by atoms with E-state index in [9.17, 15) is 19.5 Å². The van der Waals surface area contributed by atoms with Crippen LogP contribution in [0.2, 0.25) is 5.02 Å². The number of methoxy groups -OCH3 is 2. The second kappa shape index (κ2) is 12.2. The minimum absolute atomic E-state index is 0.00538. The highest BCUT2D eigenvalue weighted by Crippen LogP contribution is 2.49. The van der Waals surface area contributed by atoms with E-state index in [2.05, 4.69) is 5.32 Å². The molecule has 4 bridgehead atoms. The Labute approximate surface area is 250 Å². The SMILES string of the molecule is COc1cc2cc(c1Cl)N(C)C(=O)C[C@H](OC(C)=O)C1(C)OC1[C@H](C)C1C[C@@](O)(NC(=O)O1)[C@H](OC)/C=C/C=C(\C)C2. The van der Waals surface area contributed by atoms with Gasteiger partial charge in [0, 0.05) is 33.4 Å². The van der Waals surface area contributed by atoms with Crippen LogP contribution in [0, 0.1) is 5.92 Å². The Morgan fingerprint density at radius 2 is 1.98 bits per heavy atom. The summed E-state index contributed by atoms with van der Waals surface area (Å²) in [6, 6.07) is 3.62. The quantitative estimate of drug-likeness (QED) is 0.390. The summed E-state index contributed by atoms with van der Waals surface area (Å²) in [7, 11) is 4.54. The highest BCUT2D eigenvalue weighted by Gasteiger charge is 2.64. The number of esters is 1. The van der Waals surface area contributed by atoms with Gasteiger partial charge in [-0.1, -0.05) is 42.3 Å². The van der Waals surface area contributed by atoms with E-state index in [1.54, 1.807) is 32.2 Å². The molecule has 3 heterocycles. The molecular weight excluding hydrogens is 568 g/mol. The maximum absolute atomic E-state index is 13.6. The summed E-state index contributed by atoms with van der Waals surface area (Å²) >= 11 is 6.64. The van der Waals surface area contributed by atoms with Crippen molar-refractivity contribution in [2.75, 3.05) is 26.2 Å². The highest BCUT2D eigenvalue weighted by atomic mass is 35.5. The van der Waals surface area contributed by atoms with Crippen molar-refractivity contribution < 1.29 is 43.2 Å². The smallest absolute Gasteiger partial charge is 0.409 e. The summed E-state index contributed by atoms with van der Waals surface area (Å²) in [5, 5.41) is 14.3. The first-order chi connectivity index (χ1) is 19.7. The Kier molecular flexibility index (Phi) is 9.27. The van der Waals surface area contributed by atoms with Crippen molar-refractivity contribution in [3.8, 4) is 5.75 Å². The van der Waals surface area contributed by atoms with Crippen molar-refractivity contribution in [3.63, 3.8) is 0 Å². The predicted molar refractivity (Wildman–Crippen MR) is 154 cm³/mol. The van der Waals surface area contributed by atoms with Crippen molar-refractivity contribution in [2.24, 2.45) is 5.92 Å². The zero-order valence-electron chi connectivity index (χ0n) is 24.9. The molecule has 2 N–H and O–H groups in total. The van der Waals surface area contributed by atoms with Crippen LogP contribution in [0.15, 0.2) is 35.9 Å². The van der Waals surface area contributed by atoms with E-state index < -0.39 is 53.7 Å². The van der Waals surface area contributed by atoms with Gasteiger partial charge in [-0.2, -0.15) is 0 Å². The molecule has 1 aromatic rings. The molecule has 42 heavy (non-hydrogen) atoms. The Balaban J connectivity index is 1.79. The van der Waals surface area contributed by atoms with Crippen molar-refractivity contribution in [1.29, 1.82) is 0 Å². The maximum atomic E-state index is 13.6. The molecule has 0 radical (unpaired) electrons. The lowest BCUT2D eigenvalue weighted by atomic mass is 9.83. The summed E-state index contributed by atoms with van der Waals surface area (Å²) in [5.74, 6) is -0.951. The Hall–Kier alpha value is -3.12. The summed E-state index contributed by atoms with van der Waals surface area (Å²) in [5.41, 5.74) is -0.570. The van der Waals surface area contributed by atoms with Crippen LogP contribution in [0.5, 0.6) is 5.75 Å². The highest BCUT2D eigenvalue weighted by molar-refractivity contribution is 6.35. The molecule has 7 atom stereocenters. The van der Waals surface area contributed by atoms with E-state index in [-0.39, 0.29) is 23.8 Å². The number of fused-ring (bicyclic) bond motifs is 5. The Morgan fingerprint density at radius 3 is 2.62 bits per heavy atom. The molecule has 2 amide bonds. The fourth-order valence-corrected chi connectivity index (χ4v) is 6.12. The molecule has 3 aliphatic heterocycles.